The normalized spacial score (nSPS) is 10.5. The number of hydrogen-bond acceptors (Lipinski definition) is 3. The van der Waals surface area contributed by atoms with Crippen LogP contribution in [0.5, 0.6) is 0 Å². The van der Waals surface area contributed by atoms with Crippen LogP contribution in [0.4, 0.5) is 5.69 Å². The Hall–Kier alpha value is -1.84. The number of aromatic nitrogens is 1. The van der Waals surface area contributed by atoms with Crippen LogP contribution >= 0.6 is 0 Å². The third kappa shape index (κ3) is 2.94. The van der Waals surface area contributed by atoms with Gasteiger partial charge in [-0.3, -0.25) is 9.78 Å². The molecule has 0 aliphatic rings. The van der Waals surface area contributed by atoms with Crippen LogP contribution in [-0.2, 0) is 4.79 Å². The van der Waals surface area contributed by atoms with Crippen LogP contribution in [0.3, 0.4) is 0 Å². The Labute approximate surface area is 75.7 Å². The number of nitrogens with zero attached hydrogens (tertiary/aromatic N) is 1. The fraction of sp³-hybridized carbons (Fsp3) is 0.111. The summed E-state index contributed by atoms with van der Waals surface area (Å²) in [6.45, 7) is 0. The highest BCUT2D eigenvalue weighted by atomic mass is 16.4. The van der Waals surface area contributed by atoms with Crippen LogP contribution in [0.1, 0.15) is 12.0 Å². The Morgan fingerprint density at radius 1 is 1.69 bits per heavy atom. The van der Waals surface area contributed by atoms with Gasteiger partial charge in [0.25, 0.3) is 0 Å². The number of aliphatic carboxylic acids is 1. The second kappa shape index (κ2) is 4.25. The Balaban J connectivity index is 2.68. The van der Waals surface area contributed by atoms with Gasteiger partial charge in [-0.15, -0.1) is 0 Å². The lowest BCUT2D eigenvalue weighted by Crippen LogP contribution is -1.91. The smallest absolute Gasteiger partial charge is 0.307 e. The highest BCUT2D eigenvalue weighted by Gasteiger charge is 1.93. The quantitative estimate of drug-likeness (QED) is 0.727. The van der Waals surface area contributed by atoms with E-state index in [0.717, 1.165) is 5.56 Å². The average Bonchev–Trinajstić information content (AvgIpc) is 2.08. The lowest BCUT2D eigenvalue weighted by Gasteiger charge is -1.96. The van der Waals surface area contributed by atoms with E-state index in [1.165, 1.54) is 6.08 Å². The summed E-state index contributed by atoms with van der Waals surface area (Å²) < 4.78 is 0. The molecule has 0 atom stereocenters. The molecule has 0 spiro atoms. The monoisotopic (exact) mass is 178 g/mol. The summed E-state index contributed by atoms with van der Waals surface area (Å²) in [7, 11) is 0. The zero-order chi connectivity index (χ0) is 9.68. The van der Waals surface area contributed by atoms with Gasteiger partial charge in [-0.2, -0.15) is 0 Å². The van der Waals surface area contributed by atoms with Crippen LogP contribution in [0, 0.1) is 0 Å². The van der Waals surface area contributed by atoms with Gasteiger partial charge in [-0.1, -0.05) is 12.2 Å². The van der Waals surface area contributed by atoms with Gasteiger partial charge >= 0.3 is 5.97 Å². The maximum Gasteiger partial charge on any atom is 0.307 e. The van der Waals surface area contributed by atoms with Crippen molar-refractivity contribution < 1.29 is 9.90 Å². The summed E-state index contributed by atoms with van der Waals surface area (Å²) in [4.78, 5) is 14.0. The van der Waals surface area contributed by atoms with Gasteiger partial charge in [0.15, 0.2) is 0 Å². The van der Waals surface area contributed by atoms with E-state index in [9.17, 15) is 4.79 Å². The summed E-state index contributed by atoms with van der Waals surface area (Å²) in [6.07, 6.45) is 6.36. The number of nitrogens with two attached hydrogens (primary N) is 1. The average molecular weight is 178 g/mol. The molecule has 0 amide bonds. The predicted molar refractivity (Wildman–Crippen MR) is 49.9 cm³/mol. The van der Waals surface area contributed by atoms with E-state index in [-0.39, 0.29) is 6.42 Å². The number of hydrogen-bond donors (Lipinski definition) is 2. The lowest BCUT2D eigenvalue weighted by molar-refractivity contribution is -0.135. The van der Waals surface area contributed by atoms with Gasteiger partial charge in [-0.05, 0) is 6.07 Å². The van der Waals surface area contributed by atoms with Gasteiger partial charge in [0, 0.05) is 23.6 Å². The summed E-state index contributed by atoms with van der Waals surface area (Å²) in [6, 6.07) is 1.67. The summed E-state index contributed by atoms with van der Waals surface area (Å²) in [5, 5.41) is 8.36. The van der Waals surface area contributed by atoms with Crippen molar-refractivity contribution in [3.8, 4) is 0 Å². The molecule has 0 fully saturated rings. The number of rotatable bonds is 3. The standard InChI is InChI=1S/C9H10N2O2/c10-8-4-5-11-6-7(8)2-1-3-9(12)13/h1-2,4-6H,3H2,(H2,10,11)(H,12,13). The molecule has 0 aliphatic carbocycles. The molecular weight excluding hydrogens is 168 g/mol. The second-order valence-electron chi connectivity index (χ2n) is 2.50. The van der Waals surface area contributed by atoms with E-state index in [4.69, 9.17) is 10.8 Å². The highest BCUT2D eigenvalue weighted by Crippen LogP contribution is 2.10. The number of carboxylic acid groups (broad SMARTS) is 1. The van der Waals surface area contributed by atoms with Gasteiger partial charge in [0.05, 0.1) is 6.42 Å². The molecule has 1 heterocycles. The Kier molecular flexibility index (Phi) is 3.03. The van der Waals surface area contributed by atoms with Crippen LogP contribution in [0.2, 0.25) is 0 Å². The van der Waals surface area contributed by atoms with E-state index < -0.39 is 5.97 Å². The Bertz CT molecular complexity index is 334. The first-order valence-corrected chi connectivity index (χ1v) is 3.78. The fourth-order valence-corrected chi connectivity index (χ4v) is 0.843. The topological polar surface area (TPSA) is 76.2 Å². The van der Waals surface area contributed by atoms with Crippen molar-refractivity contribution in [2.45, 2.75) is 6.42 Å². The summed E-state index contributed by atoms with van der Waals surface area (Å²) >= 11 is 0. The number of nitrogen functional groups attached to an aromatic ring is 1. The maximum absolute atomic E-state index is 10.2. The van der Waals surface area contributed by atoms with E-state index in [1.807, 2.05) is 0 Å². The molecule has 13 heavy (non-hydrogen) atoms. The maximum atomic E-state index is 10.2. The number of carboxylic acids is 1. The van der Waals surface area contributed by atoms with Gasteiger partial charge in [-0.25, -0.2) is 0 Å². The molecule has 1 rings (SSSR count). The largest absolute Gasteiger partial charge is 0.481 e. The van der Waals surface area contributed by atoms with Gasteiger partial charge < -0.3 is 10.8 Å². The Morgan fingerprint density at radius 3 is 3.08 bits per heavy atom. The summed E-state index contributed by atoms with van der Waals surface area (Å²) in [5.74, 6) is -0.862. The van der Waals surface area contributed by atoms with Crippen LogP contribution in [0.25, 0.3) is 6.08 Å². The van der Waals surface area contributed by atoms with Crippen molar-refractivity contribution in [2.24, 2.45) is 0 Å². The molecule has 0 bridgehead atoms. The van der Waals surface area contributed by atoms with E-state index in [2.05, 4.69) is 4.98 Å². The molecule has 0 aliphatic heterocycles. The zero-order valence-corrected chi connectivity index (χ0v) is 6.97. The molecule has 1 aromatic rings. The Morgan fingerprint density at radius 2 is 2.46 bits per heavy atom. The third-order valence-corrected chi connectivity index (χ3v) is 1.48. The minimum atomic E-state index is -0.862. The van der Waals surface area contributed by atoms with Crippen molar-refractivity contribution in [1.29, 1.82) is 0 Å². The SMILES string of the molecule is Nc1ccncc1C=CCC(=O)O. The molecule has 0 radical (unpaired) electrons. The fourth-order valence-electron chi connectivity index (χ4n) is 0.843. The van der Waals surface area contributed by atoms with Crippen molar-refractivity contribution in [1.82, 2.24) is 4.98 Å². The molecule has 68 valence electrons. The molecular formula is C9H10N2O2. The first kappa shape index (κ1) is 9.25. The van der Waals surface area contributed by atoms with Crippen molar-refractivity contribution in [3.63, 3.8) is 0 Å². The minimum Gasteiger partial charge on any atom is -0.481 e. The van der Waals surface area contributed by atoms with Gasteiger partial charge in [0.1, 0.15) is 0 Å². The zero-order valence-electron chi connectivity index (χ0n) is 6.97. The van der Waals surface area contributed by atoms with Crippen LogP contribution in [-0.4, -0.2) is 16.1 Å². The molecule has 0 unspecified atom stereocenters. The first-order valence-electron chi connectivity index (χ1n) is 3.78. The van der Waals surface area contributed by atoms with Crippen molar-refractivity contribution in [2.75, 3.05) is 5.73 Å². The highest BCUT2D eigenvalue weighted by molar-refractivity contribution is 5.71. The van der Waals surface area contributed by atoms with Crippen molar-refractivity contribution >= 4 is 17.7 Å². The van der Waals surface area contributed by atoms with E-state index >= 15 is 0 Å². The van der Waals surface area contributed by atoms with Gasteiger partial charge in [0.2, 0.25) is 0 Å². The first-order chi connectivity index (χ1) is 6.20. The molecule has 4 nitrogen and oxygen atoms in total. The number of anilines is 1. The second-order valence-corrected chi connectivity index (χ2v) is 2.50. The van der Waals surface area contributed by atoms with Crippen LogP contribution in [0.15, 0.2) is 24.5 Å². The predicted octanol–water partition coefficient (Wildman–Crippen LogP) is 1.15. The molecule has 4 heteroatoms. The van der Waals surface area contributed by atoms with Crippen LogP contribution < -0.4 is 5.73 Å². The number of pyridine rings is 1. The van der Waals surface area contributed by atoms with E-state index in [0.29, 0.717) is 5.69 Å². The van der Waals surface area contributed by atoms with Crippen molar-refractivity contribution in [3.05, 3.63) is 30.1 Å². The molecule has 0 aromatic carbocycles. The lowest BCUT2D eigenvalue weighted by atomic mass is 10.2. The van der Waals surface area contributed by atoms with E-state index in [1.54, 1.807) is 24.5 Å². The molecule has 3 N–H and O–H groups in total. The number of carbonyl (C=O) groups is 1. The molecule has 0 saturated carbocycles. The molecule has 0 saturated heterocycles. The third-order valence-electron chi connectivity index (χ3n) is 1.48. The molecule has 1 aromatic heterocycles. The minimum absolute atomic E-state index is 0.00562. The summed E-state index contributed by atoms with van der Waals surface area (Å²) in [5.41, 5.74) is 6.93.